The van der Waals surface area contributed by atoms with Crippen molar-refractivity contribution in [3.63, 3.8) is 0 Å². The van der Waals surface area contributed by atoms with Crippen LogP contribution in [0.15, 0.2) is 142 Å². The normalized spacial score (nSPS) is 11.0. The number of hydrogen-bond donors (Lipinski definition) is 5. The molecule has 0 atom stereocenters. The lowest BCUT2D eigenvalue weighted by atomic mass is 10.2. The largest absolute Gasteiger partial charge is 0.359 e. The molecule has 0 aliphatic rings. The van der Waals surface area contributed by atoms with Gasteiger partial charge in [0.2, 0.25) is 5.95 Å². The molecule has 0 aliphatic heterocycles. The van der Waals surface area contributed by atoms with Crippen LogP contribution < -0.4 is 71.1 Å². The Bertz CT molecular complexity index is 5540. The molecule has 12 aromatic rings. The average Bonchev–Trinajstić information content (AvgIpc) is 0.783. The SMILES string of the molecule is CNc1nc2c(c(Nc3ccc(I)cc3F)cc(=O)n2C)c(=O)n1C.Cc1nc2c(c(Nc3ccc(I)cc3F)cc(=O)n2C)c(=O)n1C.Cn1c(F)nc2c(c(Nc3ccc(I)cc3F)cc(=O)n2C)c1=O.Cn1cnc(=O)c2c(Nc3ccc(I)cc3F)cc(=O)n(C)c21. The van der Waals surface area contributed by atoms with E-state index in [2.05, 4.69) is 46.5 Å². The number of aryl methyl sites for hydroxylation is 6. The Labute approximate surface area is 591 Å². The third-order valence-corrected chi connectivity index (χ3v) is 17.6. The zero-order valence-corrected chi connectivity index (χ0v) is 60.5. The summed E-state index contributed by atoms with van der Waals surface area (Å²) in [6.07, 6.45) is 0.333. The first-order valence-electron chi connectivity index (χ1n) is 27.9. The maximum absolute atomic E-state index is 14.2. The van der Waals surface area contributed by atoms with Gasteiger partial charge in [0.25, 0.3) is 50.6 Å². The van der Waals surface area contributed by atoms with Gasteiger partial charge in [-0.1, -0.05) is 0 Å². The summed E-state index contributed by atoms with van der Waals surface area (Å²) in [7, 11) is 13.7. The van der Waals surface area contributed by atoms with Gasteiger partial charge in [-0.15, -0.1) is 0 Å². The second kappa shape index (κ2) is 29.0. The number of aromatic nitrogens is 12. The van der Waals surface area contributed by atoms with E-state index >= 15 is 0 Å². The first-order chi connectivity index (χ1) is 45.3. The van der Waals surface area contributed by atoms with Gasteiger partial charge in [-0.25, -0.2) is 22.5 Å². The van der Waals surface area contributed by atoms with Crippen molar-refractivity contribution in [2.24, 2.45) is 56.4 Å². The molecule has 25 nitrogen and oxygen atoms in total. The van der Waals surface area contributed by atoms with E-state index in [9.17, 15) is 60.3 Å². The maximum Gasteiger partial charge on any atom is 0.293 e. The molecule has 0 amide bonds. The van der Waals surface area contributed by atoms with Crippen LogP contribution in [-0.4, -0.2) is 63.5 Å². The lowest BCUT2D eigenvalue weighted by Gasteiger charge is -2.14. The number of fused-ring (bicyclic) bond motifs is 4. The van der Waals surface area contributed by atoms with Gasteiger partial charge in [-0.05, 0) is 170 Å². The molecule has 0 fully saturated rings. The lowest BCUT2D eigenvalue weighted by Crippen LogP contribution is -2.27. The molecule has 8 aromatic heterocycles. The number of benzene rings is 4. The van der Waals surface area contributed by atoms with E-state index in [1.807, 2.05) is 90.4 Å². The molecule has 496 valence electrons. The Balaban J connectivity index is 0.000000150. The summed E-state index contributed by atoms with van der Waals surface area (Å²) in [5.74, 6) is -1.13. The molecule has 34 heteroatoms. The second-order valence-electron chi connectivity index (χ2n) is 21.1. The molecule has 4 aromatic carbocycles. The fraction of sp³-hybridized carbons (Fsp3) is 0.161. The fourth-order valence-electron chi connectivity index (χ4n) is 9.61. The summed E-state index contributed by atoms with van der Waals surface area (Å²) < 4.78 is 83.1. The summed E-state index contributed by atoms with van der Waals surface area (Å²) in [5.41, 5.74) is -1.16. The predicted molar refractivity (Wildman–Crippen MR) is 393 cm³/mol. The third-order valence-electron chi connectivity index (χ3n) is 14.9. The van der Waals surface area contributed by atoms with Gasteiger partial charge in [0.15, 0.2) is 16.9 Å². The number of rotatable bonds is 9. The molecular weight excluding hydrogens is 1710 g/mol. The molecule has 12 rings (SSSR count). The smallest absolute Gasteiger partial charge is 0.293 e. The van der Waals surface area contributed by atoms with E-state index in [0.717, 1.165) is 25.9 Å². The van der Waals surface area contributed by atoms with Gasteiger partial charge in [0.05, 0.1) is 45.5 Å². The van der Waals surface area contributed by atoms with Crippen LogP contribution in [0.3, 0.4) is 0 Å². The first-order valence-corrected chi connectivity index (χ1v) is 32.2. The molecule has 0 spiro atoms. The summed E-state index contributed by atoms with van der Waals surface area (Å²) in [5, 5.41) is 14.8. The van der Waals surface area contributed by atoms with Crippen molar-refractivity contribution in [3.05, 3.63) is 236 Å². The van der Waals surface area contributed by atoms with Gasteiger partial charge in [0.1, 0.15) is 62.6 Å². The number of halogens is 9. The predicted octanol–water partition coefficient (Wildman–Crippen LogP) is 8.97. The molecular formula is C62H52F5I4N17O8. The molecule has 0 radical (unpaired) electrons. The van der Waals surface area contributed by atoms with Crippen molar-refractivity contribution in [2.45, 2.75) is 6.92 Å². The van der Waals surface area contributed by atoms with Crippen molar-refractivity contribution in [2.75, 3.05) is 33.6 Å². The monoisotopic (exact) mass is 1770 g/mol. The Morgan fingerprint density at radius 3 is 1.06 bits per heavy atom. The number of hydrogen-bond acceptors (Lipinski definition) is 17. The van der Waals surface area contributed by atoms with Gasteiger partial charge in [0, 0.05) is 102 Å². The zero-order chi connectivity index (χ0) is 70.2. The minimum atomic E-state index is -1.01. The van der Waals surface area contributed by atoms with Crippen molar-refractivity contribution < 1.29 is 22.0 Å². The highest BCUT2D eigenvalue weighted by Crippen LogP contribution is 2.30. The highest BCUT2D eigenvalue weighted by atomic mass is 127. The molecule has 96 heavy (non-hydrogen) atoms. The number of nitrogens with zero attached hydrogens (tertiary/aromatic N) is 12. The van der Waals surface area contributed by atoms with Crippen molar-refractivity contribution >= 4 is 186 Å². The van der Waals surface area contributed by atoms with E-state index < -0.39 is 46.0 Å². The van der Waals surface area contributed by atoms with Crippen LogP contribution in [-0.2, 0) is 56.4 Å². The average molecular weight is 1770 g/mol. The van der Waals surface area contributed by atoms with E-state index in [1.54, 1.807) is 96.2 Å². The standard InChI is InChI=1S/C16H15FIN5O2.C16H14FIN4O2.C15H11F2IN4O2.C15H12FIN4O2/c1-19-16-21-14-13(15(25)23(16)3)11(7-12(24)22(14)2)20-10-5-4-8(18)6-9(10)17;1-8-19-15-14(16(24)21(8)2)12(7-13(23)22(15)3)20-11-5-4-9(18)6-10(11)17;1-21-11(23)6-10(19-9-4-3-7(18)5-8(9)16)12-13(21)20-15(17)22(2)14(12)24;1-20-7-18-14(23)13-11(6-12(22)21(2)15(13)20)19-10-4-3-8(17)5-9(10)16/h4-7,20H,1-3H3,(H,19,21);4-7,20H,1-3H3;3-6,19H,1-2H3;3-7,19H,1-2H3. The lowest BCUT2D eigenvalue weighted by molar-refractivity contribution is 0.478. The fourth-order valence-corrected chi connectivity index (χ4v) is 11.4. The van der Waals surface area contributed by atoms with E-state index in [4.69, 9.17) is 0 Å². The molecule has 8 heterocycles. The molecule has 0 unspecified atom stereocenters. The van der Waals surface area contributed by atoms with E-state index in [0.29, 0.717) is 21.0 Å². The number of pyridine rings is 4. The van der Waals surface area contributed by atoms with Gasteiger partial charge in [-0.2, -0.15) is 19.3 Å². The van der Waals surface area contributed by atoms with Gasteiger partial charge >= 0.3 is 0 Å². The van der Waals surface area contributed by atoms with Crippen LogP contribution >= 0.6 is 90.4 Å². The first kappa shape index (κ1) is 71.1. The number of nitrogens with one attached hydrogen (secondary N) is 5. The van der Waals surface area contributed by atoms with Gasteiger partial charge < -0.3 is 31.2 Å². The number of anilines is 9. The van der Waals surface area contributed by atoms with E-state index in [-0.39, 0.29) is 112 Å². The molecule has 0 aliphatic carbocycles. The molecule has 0 bridgehead atoms. The molecule has 0 saturated carbocycles. The highest BCUT2D eigenvalue weighted by Gasteiger charge is 2.21. The quantitative estimate of drug-likeness (QED) is 0.0512. The van der Waals surface area contributed by atoms with Crippen LogP contribution in [0.1, 0.15) is 5.82 Å². The Morgan fingerprint density at radius 2 is 0.698 bits per heavy atom. The van der Waals surface area contributed by atoms with Crippen LogP contribution in [0.25, 0.3) is 44.1 Å². The minimum absolute atomic E-state index is 0.000972. The van der Waals surface area contributed by atoms with Crippen LogP contribution in [0.5, 0.6) is 0 Å². The Kier molecular flexibility index (Phi) is 21.5. The highest BCUT2D eigenvalue weighted by molar-refractivity contribution is 14.1. The zero-order valence-electron chi connectivity index (χ0n) is 51.8. The third kappa shape index (κ3) is 14.6. The summed E-state index contributed by atoms with van der Waals surface area (Å²) >= 11 is 7.98. The Morgan fingerprint density at radius 1 is 0.375 bits per heavy atom. The van der Waals surface area contributed by atoms with E-state index in [1.165, 1.54) is 98.8 Å². The van der Waals surface area contributed by atoms with Crippen LogP contribution in [0.4, 0.5) is 73.4 Å². The Hall–Kier alpha value is -9.19. The summed E-state index contributed by atoms with van der Waals surface area (Å²) in [6, 6.07) is 23.4. The summed E-state index contributed by atoms with van der Waals surface area (Å²) in [6.45, 7) is 1.68. The minimum Gasteiger partial charge on any atom is -0.359 e. The second-order valence-corrected chi connectivity index (χ2v) is 26.1. The van der Waals surface area contributed by atoms with Crippen molar-refractivity contribution in [1.82, 2.24) is 56.5 Å². The van der Waals surface area contributed by atoms with Crippen molar-refractivity contribution in [1.29, 1.82) is 0 Å². The topological polar surface area (TPSA) is 288 Å². The molecule has 5 N–H and O–H groups in total. The van der Waals surface area contributed by atoms with Crippen molar-refractivity contribution in [3.8, 4) is 0 Å². The maximum atomic E-state index is 14.2. The summed E-state index contributed by atoms with van der Waals surface area (Å²) in [4.78, 5) is 115. The van der Waals surface area contributed by atoms with Crippen LogP contribution in [0.2, 0.25) is 0 Å². The molecule has 0 saturated heterocycles. The van der Waals surface area contributed by atoms with Crippen LogP contribution in [0, 0.1) is 50.6 Å². The van der Waals surface area contributed by atoms with Gasteiger partial charge in [-0.3, -0.25) is 70.3 Å².